The van der Waals surface area contributed by atoms with Crippen LogP contribution in [0, 0.1) is 6.92 Å². The van der Waals surface area contributed by atoms with Crippen LogP contribution in [0.1, 0.15) is 21.5 Å². The minimum atomic E-state index is -1.35. The van der Waals surface area contributed by atoms with Gasteiger partial charge in [0.2, 0.25) is 0 Å². The van der Waals surface area contributed by atoms with Crippen molar-refractivity contribution in [1.29, 1.82) is 0 Å². The molecule has 0 saturated heterocycles. The zero-order chi connectivity index (χ0) is 26.9. The third kappa shape index (κ3) is 7.83. The van der Waals surface area contributed by atoms with Crippen LogP contribution in [-0.2, 0) is 4.79 Å². The van der Waals surface area contributed by atoms with E-state index in [0.717, 1.165) is 5.56 Å². The van der Waals surface area contributed by atoms with Gasteiger partial charge < -0.3 is 14.2 Å². The summed E-state index contributed by atoms with van der Waals surface area (Å²) < 4.78 is 16.8. The first-order valence-corrected chi connectivity index (χ1v) is 12.2. The Morgan fingerprint density at radius 2 is 1.24 bits per heavy atom. The Morgan fingerprint density at radius 1 is 0.737 bits per heavy atom. The molecule has 0 aromatic heterocycles. The van der Waals surface area contributed by atoms with Crippen LogP contribution in [0.15, 0.2) is 102 Å². The number of nitrogens with zero attached hydrogens (tertiary/aromatic N) is 1. The molecule has 0 heterocycles. The highest BCUT2D eigenvalue weighted by Gasteiger charge is 2.22. The average molecular weight is 549 g/mol. The molecule has 4 rings (SSSR count). The van der Waals surface area contributed by atoms with Crippen molar-refractivity contribution in [3.05, 3.63) is 124 Å². The number of rotatable bonds is 9. The van der Waals surface area contributed by atoms with E-state index in [-0.39, 0.29) is 0 Å². The normalized spacial score (nSPS) is 10.8. The molecule has 0 saturated carbocycles. The number of hydrogen-bond acceptors (Lipinski definition) is 6. The summed E-state index contributed by atoms with van der Waals surface area (Å²) in [5, 5.41) is 5.04. The lowest BCUT2D eigenvalue weighted by Crippen LogP contribution is -2.40. The van der Waals surface area contributed by atoms with Crippen molar-refractivity contribution >= 4 is 41.3 Å². The number of benzene rings is 4. The van der Waals surface area contributed by atoms with Gasteiger partial charge in [-0.25, -0.2) is 10.2 Å². The molecule has 0 aliphatic heterocycles. The fourth-order valence-electron chi connectivity index (χ4n) is 3.11. The van der Waals surface area contributed by atoms with Crippen LogP contribution in [0.3, 0.4) is 0 Å². The molecule has 7 nitrogen and oxygen atoms in total. The molecule has 4 aromatic carbocycles. The number of aryl methyl sites for hydroxylation is 1. The van der Waals surface area contributed by atoms with E-state index in [2.05, 4.69) is 10.5 Å². The SMILES string of the molecule is Cc1ccc(C(=O)Oc2ccc(/C=N/NC(=O)C(Oc3ccc(Cl)cc3)Oc3ccc(Cl)cc3)cc2)cc1. The first kappa shape index (κ1) is 26.7. The molecule has 38 heavy (non-hydrogen) atoms. The number of esters is 1. The van der Waals surface area contributed by atoms with Crippen LogP contribution in [0.4, 0.5) is 0 Å². The molecule has 0 bridgehead atoms. The van der Waals surface area contributed by atoms with Crippen molar-refractivity contribution in [3.63, 3.8) is 0 Å². The molecule has 4 aromatic rings. The van der Waals surface area contributed by atoms with Gasteiger partial charge in [-0.1, -0.05) is 40.9 Å². The highest BCUT2D eigenvalue weighted by Crippen LogP contribution is 2.21. The summed E-state index contributed by atoms with van der Waals surface area (Å²) in [6, 6.07) is 26.7. The maximum absolute atomic E-state index is 12.8. The summed E-state index contributed by atoms with van der Waals surface area (Å²) in [5.41, 5.74) is 4.58. The fraction of sp³-hybridized carbons (Fsp3) is 0.0690. The Hall–Kier alpha value is -4.33. The second-order valence-electron chi connectivity index (χ2n) is 8.03. The maximum Gasteiger partial charge on any atom is 0.343 e. The Labute approximate surface area is 229 Å². The third-order valence-corrected chi connectivity index (χ3v) is 5.60. The Kier molecular flexibility index (Phi) is 8.98. The second kappa shape index (κ2) is 12.8. The Morgan fingerprint density at radius 3 is 1.76 bits per heavy atom. The number of carbonyl (C=O) groups excluding carboxylic acids is 2. The lowest BCUT2D eigenvalue weighted by atomic mass is 10.1. The van der Waals surface area contributed by atoms with E-state index in [9.17, 15) is 9.59 Å². The van der Waals surface area contributed by atoms with Crippen molar-refractivity contribution in [2.45, 2.75) is 13.2 Å². The van der Waals surface area contributed by atoms with Gasteiger partial charge in [-0.15, -0.1) is 0 Å². The van der Waals surface area contributed by atoms with E-state index in [1.807, 2.05) is 19.1 Å². The molecule has 192 valence electrons. The molecule has 0 spiro atoms. The van der Waals surface area contributed by atoms with Gasteiger partial charge in [-0.05, 0) is 97.4 Å². The molecular formula is C29H22Cl2N2O5. The van der Waals surface area contributed by atoms with Gasteiger partial charge in [0.1, 0.15) is 17.2 Å². The molecular weight excluding hydrogens is 527 g/mol. The van der Waals surface area contributed by atoms with Crippen molar-refractivity contribution in [2.24, 2.45) is 5.10 Å². The van der Waals surface area contributed by atoms with E-state index >= 15 is 0 Å². The quantitative estimate of drug-likeness (QED) is 0.0852. The van der Waals surface area contributed by atoms with E-state index in [4.69, 9.17) is 37.4 Å². The van der Waals surface area contributed by atoms with Crippen LogP contribution in [0.25, 0.3) is 0 Å². The second-order valence-corrected chi connectivity index (χ2v) is 8.91. The van der Waals surface area contributed by atoms with Gasteiger partial charge in [0.05, 0.1) is 11.8 Å². The fourth-order valence-corrected chi connectivity index (χ4v) is 3.36. The van der Waals surface area contributed by atoms with Gasteiger partial charge >= 0.3 is 18.2 Å². The summed E-state index contributed by atoms with van der Waals surface area (Å²) in [6.07, 6.45) is 0.0866. The topological polar surface area (TPSA) is 86.2 Å². The highest BCUT2D eigenvalue weighted by molar-refractivity contribution is 6.30. The van der Waals surface area contributed by atoms with Crippen molar-refractivity contribution in [2.75, 3.05) is 0 Å². The number of hydrazone groups is 1. The molecule has 1 N–H and O–H groups in total. The van der Waals surface area contributed by atoms with Crippen molar-refractivity contribution in [3.8, 4) is 17.2 Å². The van der Waals surface area contributed by atoms with Gasteiger partial charge in [0, 0.05) is 10.0 Å². The van der Waals surface area contributed by atoms with Gasteiger partial charge in [-0.2, -0.15) is 5.10 Å². The highest BCUT2D eigenvalue weighted by atomic mass is 35.5. The van der Waals surface area contributed by atoms with E-state index in [1.54, 1.807) is 84.9 Å². The first-order chi connectivity index (χ1) is 18.4. The lowest BCUT2D eigenvalue weighted by Gasteiger charge is -2.19. The average Bonchev–Trinajstić information content (AvgIpc) is 2.92. The van der Waals surface area contributed by atoms with Crippen LogP contribution in [0.5, 0.6) is 17.2 Å². The monoisotopic (exact) mass is 548 g/mol. The minimum absolute atomic E-state index is 0.378. The smallest absolute Gasteiger partial charge is 0.343 e. The predicted molar refractivity (Wildman–Crippen MR) is 146 cm³/mol. The zero-order valence-electron chi connectivity index (χ0n) is 20.1. The standard InChI is InChI=1S/C29H22Cl2N2O5/c1-19-2-6-21(7-3-19)28(35)36-24-12-4-20(5-13-24)18-32-33-27(34)29(37-25-14-8-22(30)9-15-25)38-26-16-10-23(31)11-17-26/h2-18,29H,1H3,(H,33,34)/b32-18+. The van der Waals surface area contributed by atoms with Crippen LogP contribution in [-0.4, -0.2) is 24.4 Å². The van der Waals surface area contributed by atoms with E-state index in [0.29, 0.717) is 38.4 Å². The van der Waals surface area contributed by atoms with Crippen LogP contribution in [0.2, 0.25) is 10.0 Å². The first-order valence-electron chi connectivity index (χ1n) is 11.4. The molecule has 0 unspecified atom stereocenters. The molecule has 1 amide bonds. The summed E-state index contributed by atoms with van der Waals surface area (Å²) in [6.45, 7) is 1.94. The largest absolute Gasteiger partial charge is 0.446 e. The lowest BCUT2D eigenvalue weighted by molar-refractivity contribution is -0.140. The molecule has 0 atom stereocenters. The molecule has 0 fully saturated rings. The zero-order valence-corrected chi connectivity index (χ0v) is 21.6. The predicted octanol–water partition coefficient (Wildman–Crippen LogP) is 6.46. The van der Waals surface area contributed by atoms with Crippen LogP contribution >= 0.6 is 23.2 Å². The molecule has 0 aliphatic rings. The maximum atomic E-state index is 12.8. The third-order valence-electron chi connectivity index (χ3n) is 5.09. The number of amides is 1. The Balaban J connectivity index is 1.37. The van der Waals surface area contributed by atoms with Crippen molar-refractivity contribution < 1.29 is 23.8 Å². The number of carbonyl (C=O) groups is 2. The van der Waals surface area contributed by atoms with Gasteiger partial charge in [0.25, 0.3) is 0 Å². The molecule has 0 radical (unpaired) electrons. The number of halogens is 2. The summed E-state index contributed by atoms with van der Waals surface area (Å²) in [5.74, 6) is 0.0389. The van der Waals surface area contributed by atoms with Crippen molar-refractivity contribution in [1.82, 2.24) is 5.43 Å². The number of nitrogens with one attached hydrogen (secondary N) is 1. The van der Waals surface area contributed by atoms with Gasteiger partial charge in [0.15, 0.2) is 0 Å². The summed E-state index contributed by atoms with van der Waals surface area (Å²) in [7, 11) is 0. The minimum Gasteiger partial charge on any atom is -0.446 e. The molecule has 9 heteroatoms. The summed E-state index contributed by atoms with van der Waals surface area (Å²) >= 11 is 11.9. The van der Waals surface area contributed by atoms with Crippen LogP contribution < -0.4 is 19.6 Å². The number of hydrogen-bond donors (Lipinski definition) is 1. The molecule has 0 aliphatic carbocycles. The van der Waals surface area contributed by atoms with E-state index in [1.165, 1.54) is 6.21 Å². The van der Waals surface area contributed by atoms with Gasteiger partial charge in [-0.3, -0.25) is 4.79 Å². The number of ether oxygens (including phenoxy) is 3. The van der Waals surface area contributed by atoms with E-state index < -0.39 is 18.2 Å². The summed E-state index contributed by atoms with van der Waals surface area (Å²) in [4.78, 5) is 25.1. The Bertz CT molecular complexity index is 1360.